The molecule has 1 amide bonds. The van der Waals surface area contributed by atoms with Crippen molar-refractivity contribution in [2.45, 2.75) is 33.6 Å². The third kappa shape index (κ3) is 6.24. The highest BCUT2D eigenvalue weighted by molar-refractivity contribution is 5.93. The standard InChI is InChI=1S/C21H25NO4/c1-15-7-4-9-18(13-15)25-12-6-11-21(24)26-14-20(23)22-19-10-5-8-16(2)17(19)3/h4-5,7-10,13H,6,11-12,14H2,1-3H3,(H,22,23). The van der Waals surface area contributed by atoms with E-state index in [1.54, 1.807) is 0 Å². The number of rotatable bonds is 8. The Hall–Kier alpha value is -2.82. The van der Waals surface area contributed by atoms with Gasteiger partial charge in [-0.05, 0) is 62.1 Å². The van der Waals surface area contributed by atoms with E-state index in [-0.39, 0.29) is 18.9 Å². The van der Waals surface area contributed by atoms with Gasteiger partial charge in [-0.15, -0.1) is 0 Å². The average molecular weight is 355 g/mol. The zero-order valence-electron chi connectivity index (χ0n) is 15.5. The van der Waals surface area contributed by atoms with Crippen molar-refractivity contribution < 1.29 is 19.1 Å². The van der Waals surface area contributed by atoms with Crippen LogP contribution in [0.1, 0.15) is 29.5 Å². The van der Waals surface area contributed by atoms with Crippen LogP contribution in [0.4, 0.5) is 5.69 Å². The van der Waals surface area contributed by atoms with Gasteiger partial charge >= 0.3 is 5.97 Å². The second kappa shape index (κ2) is 9.61. The van der Waals surface area contributed by atoms with Gasteiger partial charge in [0.2, 0.25) is 0 Å². The molecule has 2 aromatic carbocycles. The van der Waals surface area contributed by atoms with Crippen LogP contribution in [0.5, 0.6) is 5.75 Å². The molecule has 0 bridgehead atoms. The molecule has 26 heavy (non-hydrogen) atoms. The summed E-state index contributed by atoms with van der Waals surface area (Å²) < 4.78 is 10.6. The second-order valence-electron chi connectivity index (χ2n) is 6.22. The molecular formula is C21H25NO4. The fourth-order valence-electron chi connectivity index (χ4n) is 2.40. The number of benzene rings is 2. The molecule has 0 aliphatic carbocycles. The van der Waals surface area contributed by atoms with E-state index < -0.39 is 5.97 Å². The molecular weight excluding hydrogens is 330 g/mol. The van der Waals surface area contributed by atoms with Crippen molar-refractivity contribution >= 4 is 17.6 Å². The quantitative estimate of drug-likeness (QED) is 0.575. The Bertz CT molecular complexity index is 770. The number of esters is 1. The highest BCUT2D eigenvalue weighted by Crippen LogP contribution is 2.17. The molecule has 0 fully saturated rings. The van der Waals surface area contributed by atoms with Gasteiger partial charge in [0.05, 0.1) is 6.61 Å². The average Bonchev–Trinajstić information content (AvgIpc) is 2.61. The molecule has 0 saturated carbocycles. The molecule has 0 spiro atoms. The maximum atomic E-state index is 11.9. The van der Waals surface area contributed by atoms with Crippen LogP contribution < -0.4 is 10.1 Å². The third-order valence-corrected chi connectivity index (χ3v) is 4.03. The van der Waals surface area contributed by atoms with Crippen molar-refractivity contribution in [2.24, 2.45) is 0 Å². The number of hydrogen-bond acceptors (Lipinski definition) is 4. The predicted molar refractivity (Wildman–Crippen MR) is 101 cm³/mol. The lowest BCUT2D eigenvalue weighted by Gasteiger charge is -2.11. The minimum atomic E-state index is -0.408. The first-order chi connectivity index (χ1) is 12.5. The molecule has 0 heterocycles. The SMILES string of the molecule is Cc1cccc(OCCCC(=O)OCC(=O)Nc2cccc(C)c2C)c1. The molecule has 0 atom stereocenters. The molecule has 0 aromatic heterocycles. The summed E-state index contributed by atoms with van der Waals surface area (Å²) in [4.78, 5) is 23.6. The zero-order valence-corrected chi connectivity index (χ0v) is 15.5. The Kier molecular flexibility index (Phi) is 7.21. The third-order valence-electron chi connectivity index (χ3n) is 4.03. The van der Waals surface area contributed by atoms with E-state index in [9.17, 15) is 9.59 Å². The topological polar surface area (TPSA) is 64.6 Å². The van der Waals surface area contributed by atoms with Gasteiger partial charge in [0, 0.05) is 12.1 Å². The highest BCUT2D eigenvalue weighted by Gasteiger charge is 2.09. The van der Waals surface area contributed by atoms with Crippen LogP contribution in [-0.2, 0) is 14.3 Å². The Morgan fingerprint density at radius 2 is 1.81 bits per heavy atom. The van der Waals surface area contributed by atoms with Crippen molar-refractivity contribution in [3.05, 3.63) is 59.2 Å². The van der Waals surface area contributed by atoms with Crippen molar-refractivity contribution in [3.63, 3.8) is 0 Å². The first-order valence-corrected chi connectivity index (χ1v) is 8.67. The van der Waals surface area contributed by atoms with Crippen molar-refractivity contribution in [3.8, 4) is 5.75 Å². The molecule has 0 aliphatic rings. The smallest absolute Gasteiger partial charge is 0.306 e. The van der Waals surface area contributed by atoms with Gasteiger partial charge in [-0.1, -0.05) is 24.3 Å². The van der Waals surface area contributed by atoms with Gasteiger partial charge in [0.25, 0.3) is 5.91 Å². The summed E-state index contributed by atoms with van der Waals surface area (Å²) in [6.07, 6.45) is 0.744. The van der Waals surface area contributed by atoms with Crippen molar-refractivity contribution in [1.29, 1.82) is 0 Å². The van der Waals surface area contributed by atoms with E-state index in [0.717, 1.165) is 28.1 Å². The summed E-state index contributed by atoms with van der Waals surface area (Å²) in [6.45, 7) is 6.04. The molecule has 2 rings (SSSR count). The van der Waals surface area contributed by atoms with Crippen LogP contribution in [0.25, 0.3) is 0 Å². The fraction of sp³-hybridized carbons (Fsp3) is 0.333. The number of hydrogen-bond donors (Lipinski definition) is 1. The second-order valence-corrected chi connectivity index (χ2v) is 6.22. The number of carbonyl (C=O) groups is 2. The minimum absolute atomic E-state index is 0.211. The van der Waals surface area contributed by atoms with E-state index in [2.05, 4.69) is 5.32 Å². The molecule has 5 heteroatoms. The monoisotopic (exact) mass is 355 g/mol. The van der Waals surface area contributed by atoms with Gasteiger partial charge in [-0.2, -0.15) is 0 Å². The number of ether oxygens (including phenoxy) is 2. The fourth-order valence-corrected chi connectivity index (χ4v) is 2.40. The summed E-state index contributed by atoms with van der Waals surface area (Å²) >= 11 is 0. The van der Waals surface area contributed by atoms with Crippen molar-refractivity contribution in [2.75, 3.05) is 18.5 Å². The Morgan fingerprint density at radius 3 is 2.58 bits per heavy atom. The molecule has 0 radical (unpaired) electrons. The van der Waals surface area contributed by atoms with Crippen LogP contribution in [0.3, 0.4) is 0 Å². The van der Waals surface area contributed by atoms with E-state index in [0.29, 0.717) is 13.0 Å². The largest absolute Gasteiger partial charge is 0.494 e. The summed E-state index contributed by atoms with van der Waals surface area (Å²) in [7, 11) is 0. The molecule has 0 saturated heterocycles. The van der Waals surface area contributed by atoms with E-state index >= 15 is 0 Å². The van der Waals surface area contributed by atoms with Crippen LogP contribution >= 0.6 is 0 Å². The first kappa shape index (κ1) is 19.5. The summed E-state index contributed by atoms with van der Waals surface area (Å²) in [5.74, 6) is 0.0308. The molecule has 0 unspecified atom stereocenters. The van der Waals surface area contributed by atoms with Gasteiger partial charge in [-0.3, -0.25) is 9.59 Å². The van der Waals surface area contributed by atoms with E-state index in [1.807, 2.05) is 63.2 Å². The van der Waals surface area contributed by atoms with Gasteiger partial charge < -0.3 is 14.8 Å². The number of anilines is 1. The maximum Gasteiger partial charge on any atom is 0.306 e. The molecule has 138 valence electrons. The highest BCUT2D eigenvalue weighted by atomic mass is 16.5. The Morgan fingerprint density at radius 1 is 1.04 bits per heavy atom. The lowest BCUT2D eigenvalue weighted by Crippen LogP contribution is -2.21. The Labute approximate surface area is 154 Å². The van der Waals surface area contributed by atoms with Crippen LogP contribution in [0.2, 0.25) is 0 Å². The predicted octanol–water partition coefficient (Wildman–Crippen LogP) is 3.95. The molecule has 5 nitrogen and oxygen atoms in total. The van der Waals surface area contributed by atoms with Gasteiger partial charge in [-0.25, -0.2) is 0 Å². The first-order valence-electron chi connectivity index (χ1n) is 8.67. The van der Waals surface area contributed by atoms with Crippen LogP contribution in [-0.4, -0.2) is 25.1 Å². The summed E-state index contributed by atoms with van der Waals surface area (Å²) in [6, 6.07) is 13.4. The number of aryl methyl sites for hydroxylation is 2. The number of nitrogens with one attached hydrogen (secondary N) is 1. The number of amides is 1. The van der Waals surface area contributed by atoms with E-state index in [1.165, 1.54) is 0 Å². The lowest BCUT2D eigenvalue weighted by atomic mass is 10.1. The zero-order chi connectivity index (χ0) is 18.9. The van der Waals surface area contributed by atoms with E-state index in [4.69, 9.17) is 9.47 Å². The molecule has 2 aromatic rings. The molecule has 1 N–H and O–H groups in total. The van der Waals surface area contributed by atoms with Crippen LogP contribution in [0, 0.1) is 20.8 Å². The van der Waals surface area contributed by atoms with Crippen molar-refractivity contribution in [1.82, 2.24) is 0 Å². The molecule has 0 aliphatic heterocycles. The minimum Gasteiger partial charge on any atom is -0.494 e. The maximum absolute atomic E-state index is 11.9. The summed E-state index contributed by atoms with van der Waals surface area (Å²) in [5, 5.41) is 2.76. The Balaban J connectivity index is 1.65. The van der Waals surface area contributed by atoms with Gasteiger partial charge in [0.15, 0.2) is 6.61 Å². The van der Waals surface area contributed by atoms with Gasteiger partial charge in [0.1, 0.15) is 5.75 Å². The van der Waals surface area contributed by atoms with Crippen LogP contribution in [0.15, 0.2) is 42.5 Å². The lowest BCUT2D eigenvalue weighted by molar-refractivity contribution is -0.147. The number of carbonyl (C=O) groups excluding carboxylic acids is 2. The normalized spacial score (nSPS) is 10.3. The summed E-state index contributed by atoms with van der Waals surface area (Å²) in [5.41, 5.74) is 3.95.